The molecule has 1 fully saturated rings. The summed E-state index contributed by atoms with van der Waals surface area (Å²) in [5, 5.41) is 7.07. The minimum atomic E-state index is -3.99. The van der Waals surface area contributed by atoms with Gasteiger partial charge >= 0.3 is 5.91 Å². The number of likely N-dealkylation sites (N-methyl/N-ethyl adjacent to an activating group) is 1. The lowest BCUT2D eigenvalue weighted by molar-refractivity contribution is -0.126. The molecule has 1 unspecified atom stereocenters. The van der Waals surface area contributed by atoms with Gasteiger partial charge in [-0.25, -0.2) is 23.4 Å². The largest absolute Gasteiger partial charge is 0.436 e. The van der Waals surface area contributed by atoms with E-state index in [2.05, 4.69) is 21.2 Å². The summed E-state index contributed by atoms with van der Waals surface area (Å²) in [5.41, 5.74) is 1.92. The Hall–Kier alpha value is -3.70. The minimum Gasteiger partial charge on any atom is -0.436 e. The number of hydrogen-bond donors (Lipinski definition) is 2. The van der Waals surface area contributed by atoms with Gasteiger partial charge < -0.3 is 19.6 Å². The molecule has 2 aromatic heterocycles. The SMILES string of the molecule is C#Cc1ccc2[nH]c(S(=O)(=O)N3CCN(C(=O)c4nc5c(o4)CN(C)N(C)C5)C(C(=O)NC)C3)cc2c1. The number of H-pyrrole nitrogens is 1. The number of amides is 2. The summed E-state index contributed by atoms with van der Waals surface area (Å²) in [5.74, 6) is 1.97. The van der Waals surface area contributed by atoms with Crippen molar-refractivity contribution in [3.05, 3.63) is 47.2 Å². The molecular weight excluding hydrogens is 498 g/mol. The number of aromatic amines is 1. The number of carbonyl (C=O) groups excluding carboxylic acids is 2. The van der Waals surface area contributed by atoms with E-state index in [9.17, 15) is 18.0 Å². The molecule has 2 N–H and O–H groups in total. The van der Waals surface area contributed by atoms with Crippen molar-refractivity contribution in [3.63, 3.8) is 0 Å². The van der Waals surface area contributed by atoms with Crippen LogP contribution in [0.2, 0.25) is 0 Å². The van der Waals surface area contributed by atoms with Crippen LogP contribution in [0.25, 0.3) is 10.9 Å². The van der Waals surface area contributed by atoms with E-state index in [0.29, 0.717) is 41.0 Å². The predicted molar refractivity (Wildman–Crippen MR) is 133 cm³/mol. The minimum absolute atomic E-state index is 0.00155. The lowest BCUT2D eigenvalue weighted by Crippen LogP contribution is -2.61. The molecule has 0 aliphatic carbocycles. The van der Waals surface area contributed by atoms with Gasteiger partial charge in [-0.1, -0.05) is 5.92 Å². The Morgan fingerprint density at radius 2 is 1.95 bits per heavy atom. The summed E-state index contributed by atoms with van der Waals surface area (Å²) in [6.07, 6.45) is 5.46. The second-order valence-electron chi connectivity index (χ2n) is 9.09. The van der Waals surface area contributed by atoms with Gasteiger partial charge in [0.1, 0.15) is 16.8 Å². The van der Waals surface area contributed by atoms with Gasteiger partial charge in [0.2, 0.25) is 5.91 Å². The van der Waals surface area contributed by atoms with Crippen molar-refractivity contribution in [1.29, 1.82) is 0 Å². The number of fused-ring (bicyclic) bond motifs is 2. The number of nitrogens with zero attached hydrogens (tertiary/aromatic N) is 5. The number of oxazole rings is 1. The van der Waals surface area contributed by atoms with Gasteiger partial charge in [0, 0.05) is 57.2 Å². The fourth-order valence-electron chi connectivity index (χ4n) is 4.59. The highest BCUT2D eigenvalue weighted by atomic mass is 32.2. The number of aromatic nitrogens is 2. The monoisotopic (exact) mass is 525 g/mol. The third-order valence-electron chi connectivity index (χ3n) is 6.83. The molecule has 5 rings (SSSR count). The molecule has 0 bridgehead atoms. The van der Waals surface area contributed by atoms with Gasteiger partial charge in [-0.2, -0.15) is 4.31 Å². The summed E-state index contributed by atoms with van der Waals surface area (Å²) in [7, 11) is 1.25. The fourth-order valence-corrected chi connectivity index (χ4v) is 6.05. The van der Waals surface area contributed by atoms with Crippen LogP contribution >= 0.6 is 0 Å². The van der Waals surface area contributed by atoms with Crippen molar-refractivity contribution < 1.29 is 22.4 Å². The van der Waals surface area contributed by atoms with Gasteiger partial charge in [0.05, 0.1) is 18.8 Å². The van der Waals surface area contributed by atoms with Gasteiger partial charge in [0.15, 0.2) is 0 Å². The number of carbonyl (C=O) groups is 2. The molecule has 2 aliphatic heterocycles. The van der Waals surface area contributed by atoms with E-state index in [-0.39, 0.29) is 30.6 Å². The van der Waals surface area contributed by atoms with Crippen LogP contribution in [0.5, 0.6) is 0 Å². The Kier molecular flexibility index (Phi) is 6.28. The first kappa shape index (κ1) is 25.0. The molecule has 2 aliphatic rings. The molecule has 1 atom stereocenters. The zero-order valence-electron chi connectivity index (χ0n) is 20.7. The number of benzene rings is 1. The highest BCUT2D eigenvalue weighted by Crippen LogP contribution is 2.26. The van der Waals surface area contributed by atoms with Crippen molar-refractivity contribution in [1.82, 2.24) is 34.5 Å². The van der Waals surface area contributed by atoms with E-state index < -0.39 is 27.9 Å². The molecule has 1 aromatic carbocycles. The average Bonchev–Trinajstić information content (AvgIpc) is 3.51. The average molecular weight is 526 g/mol. The van der Waals surface area contributed by atoms with E-state index in [4.69, 9.17) is 10.8 Å². The van der Waals surface area contributed by atoms with Gasteiger partial charge in [-0.3, -0.25) is 9.59 Å². The Labute approximate surface area is 214 Å². The molecule has 13 heteroatoms. The predicted octanol–water partition coefficient (Wildman–Crippen LogP) is 0.191. The summed E-state index contributed by atoms with van der Waals surface area (Å²) in [6.45, 7) is 0.721. The second-order valence-corrected chi connectivity index (χ2v) is 11.0. The van der Waals surface area contributed by atoms with E-state index in [0.717, 1.165) is 0 Å². The molecule has 1 saturated heterocycles. The molecule has 0 spiro atoms. The summed E-state index contributed by atoms with van der Waals surface area (Å²) in [4.78, 5) is 34.8. The number of rotatable bonds is 4. The van der Waals surface area contributed by atoms with Crippen molar-refractivity contribution in [2.75, 3.05) is 40.8 Å². The molecule has 3 aromatic rings. The number of hydrazine groups is 1. The highest BCUT2D eigenvalue weighted by molar-refractivity contribution is 7.89. The zero-order chi connectivity index (χ0) is 26.5. The number of nitrogens with one attached hydrogen (secondary N) is 2. The second kappa shape index (κ2) is 9.31. The molecule has 0 radical (unpaired) electrons. The Balaban J connectivity index is 1.40. The van der Waals surface area contributed by atoms with E-state index in [1.165, 1.54) is 22.3 Å². The molecule has 12 nitrogen and oxygen atoms in total. The molecule has 4 heterocycles. The molecule has 0 saturated carbocycles. The third kappa shape index (κ3) is 4.38. The lowest BCUT2D eigenvalue weighted by atomic mass is 10.1. The zero-order valence-corrected chi connectivity index (χ0v) is 21.5. The van der Waals surface area contributed by atoms with E-state index >= 15 is 0 Å². The molecule has 2 amide bonds. The number of terminal acetylenes is 1. The smallest absolute Gasteiger partial charge is 0.310 e. The van der Waals surface area contributed by atoms with Crippen LogP contribution in [-0.4, -0.2) is 96.2 Å². The summed E-state index contributed by atoms with van der Waals surface area (Å²) < 4.78 is 33.9. The van der Waals surface area contributed by atoms with Crippen LogP contribution in [0, 0.1) is 12.3 Å². The highest BCUT2D eigenvalue weighted by Gasteiger charge is 2.42. The van der Waals surface area contributed by atoms with Crippen molar-refractivity contribution in [3.8, 4) is 12.3 Å². The maximum atomic E-state index is 13.5. The Morgan fingerprint density at radius 1 is 1.19 bits per heavy atom. The van der Waals surface area contributed by atoms with E-state index in [1.54, 1.807) is 18.2 Å². The lowest BCUT2D eigenvalue weighted by Gasteiger charge is -2.38. The van der Waals surface area contributed by atoms with Crippen molar-refractivity contribution in [2.45, 2.75) is 24.2 Å². The Morgan fingerprint density at radius 3 is 2.68 bits per heavy atom. The summed E-state index contributed by atoms with van der Waals surface area (Å²) in [6, 6.07) is 5.62. The van der Waals surface area contributed by atoms with Crippen LogP contribution in [0.4, 0.5) is 0 Å². The van der Waals surface area contributed by atoms with Crippen LogP contribution < -0.4 is 5.32 Å². The van der Waals surface area contributed by atoms with Crippen LogP contribution in [0.15, 0.2) is 33.7 Å². The molecule has 194 valence electrons. The first-order valence-electron chi connectivity index (χ1n) is 11.6. The summed E-state index contributed by atoms with van der Waals surface area (Å²) >= 11 is 0. The standard InChI is InChI=1S/C24H27N7O5S/c1-5-15-6-7-17-16(10-15)11-21(26-17)37(34,35)30-8-9-31(19(13-30)22(32)25-2)24(33)23-27-18-12-28(3)29(4)14-20(18)36-23/h1,6-7,10-11,19,26H,8-9,12-14H2,2-4H3,(H,25,32). The van der Waals surface area contributed by atoms with Crippen LogP contribution in [0.3, 0.4) is 0 Å². The van der Waals surface area contributed by atoms with Crippen molar-refractivity contribution in [2.24, 2.45) is 0 Å². The fraction of sp³-hybridized carbons (Fsp3) is 0.375. The van der Waals surface area contributed by atoms with Crippen LogP contribution in [-0.2, 0) is 27.9 Å². The van der Waals surface area contributed by atoms with Crippen LogP contribution in [0.1, 0.15) is 27.7 Å². The number of hydrogen-bond acceptors (Lipinski definition) is 8. The maximum absolute atomic E-state index is 13.5. The van der Waals surface area contributed by atoms with E-state index in [1.807, 2.05) is 24.1 Å². The third-order valence-corrected chi connectivity index (χ3v) is 8.62. The normalized spacial score (nSPS) is 19.5. The van der Waals surface area contributed by atoms with Crippen molar-refractivity contribution >= 4 is 32.7 Å². The number of piperazine rings is 1. The first-order valence-corrected chi connectivity index (χ1v) is 13.1. The van der Waals surface area contributed by atoms with Gasteiger partial charge in [-0.05, 0) is 24.3 Å². The van der Waals surface area contributed by atoms with Gasteiger partial charge in [0.25, 0.3) is 15.9 Å². The first-order chi connectivity index (χ1) is 17.6. The molecule has 37 heavy (non-hydrogen) atoms. The quantitative estimate of drug-likeness (QED) is 0.461. The maximum Gasteiger partial charge on any atom is 0.310 e. The molecular formula is C24H27N7O5S. The van der Waals surface area contributed by atoms with Gasteiger partial charge in [-0.15, -0.1) is 6.42 Å². The Bertz CT molecular complexity index is 1510. The number of sulfonamides is 1. The topological polar surface area (TPSA) is 135 Å².